The molecule has 108 valence electrons. The molecule has 2 aromatic rings. The average molecular weight is 283 g/mol. The molecule has 4 nitrogen and oxygen atoms in total. The first kappa shape index (κ1) is 13.6. The van der Waals surface area contributed by atoms with E-state index in [0.29, 0.717) is 31.9 Å². The van der Waals surface area contributed by atoms with Gasteiger partial charge in [-0.05, 0) is 36.4 Å². The van der Waals surface area contributed by atoms with Gasteiger partial charge in [-0.3, -0.25) is 4.79 Å². The Morgan fingerprint density at radius 3 is 2.19 bits per heavy atom. The molecule has 0 radical (unpaired) electrons. The van der Waals surface area contributed by atoms with E-state index in [4.69, 9.17) is 9.47 Å². The van der Waals surface area contributed by atoms with E-state index in [1.165, 1.54) is 0 Å². The molecule has 3 rings (SSSR count). The van der Waals surface area contributed by atoms with Crippen LogP contribution in [0.2, 0.25) is 0 Å². The lowest BCUT2D eigenvalue weighted by molar-refractivity contribution is 0.0303. The van der Waals surface area contributed by atoms with E-state index < -0.39 is 0 Å². The number of rotatable bonds is 3. The van der Waals surface area contributed by atoms with Crippen LogP contribution in [-0.2, 0) is 4.74 Å². The zero-order chi connectivity index (χ0) is 14.5. The Bertz CT molecular complexity index is 589. The minimum Gasteiger partial charge on any atom is -0.457 e. The van der Waals surface area contributed by atoms with Crippen LogP contribution < -0.4 is 4.74 Å². The largest absolute Gasteiger partial charge is 0.457 e. The molecule has 21 heavy (non-hydrogen) atoms. The molecule has 1 aliphatic heterocycles. The Hall–Kier alpha value is -2.33. The topological polar surface area (TPSA) is 38.8 Å². The third-order valence-corrected chi connectivity index (χ3v) is 3.38. The van der Waals surface area contributed by atoms with Gasteiger partial charge in [0.1, 0.15) is 11.5 Å². The first-order valence-electron chi connectivity index (χ1n) is 7.03. The van der Waals surface area contributed by atoms with Gasteiger partial charge in [0.05, 0.1) is 13.2 Å². The molecular weight excluding hydrogens is 266 g/mol. The number of carbonyl (C=O) groups is 1. The lowest BCUT2D eigenvalue weighted by atomic mass is 10.2. The smallest absolute Gasteiger partial charge is 0.254 e. The summed E-state index contributed by atoms with van der Waals surface area (Å²) in [4.78, 5) is 14.1. The van der Waals surface area contributed by atoms with Crippen LogP contribution in [0.25, 0.3) is 0 Å². The van der Waals surface area contributed by atoms with Crippen molar-refractivity contribution in [3.8, 4) is 11.5 Å². The van der Waals surface area contributed by atoms with Crippen molar-refractivity contribution in [3.63, 3.8) is 0 Å². The molecule has 1 fully saturated rings. The molecule has 0 N–H and O–H groups in total. The summed E-state index contributed by atoms with van der Waals surface area (Å²) in [6.07, 6.45) is 0. The van der Waals surface area contributed by atoms with Crippen LogP contribution in [0.3, 0.4) is 0 Å². The zero-order valence-electron chi connectivity index (χ0n) is 11.7. The van der Waals surface area contributed by atoms with Crippen LogP contribution in [0, 0.1) is 0 Å². The second-order valence-electron chi connectivity index (χ2n) is 4.84. The van der Waals surface area contributed by atoms with Crippen molar-refractivity contribution in [2.24, 2.45) is 0 Å². The molecule has 4 heteroatoms. The van der Waals surface area contributed by atoms with E-state index in [1.54, 1.807) is 12.1 Å². The Morgan fingerprint density at radius 1 is 0.905 bits per heavy atom. The van der Waals surface area contributed by atoms with Gasteiger partial charge in [0.2, 0.25) is 0 Å². The molecule has 0 aromatic heterocycles. The second-order valence-corrected chi connectivity index (χ2v) is 4.84. The maximum Gasteiger partial charge on any atom is 0.254 e. The fourth-order valence-electron chi connectivity index (χ4n) is 2.24. The monoisotopic (exact) mass is 283 g/mol. The minimum absolute atomic E-state index is 0.0459. The molecule has 1 aliphatic rings. The Morgan fingerprint density at radius 2 is 1.52 bits per heavy atom. The van der Waals surface area contributed by atoms with Crippen LogP contribution in [0.5, 0.6) is 11.5 Å². The highest BCUT2D eigenvalue weighted by Gasteiger charge is 2.18. The maximum absolute atomic E-state index is 12.3. The minimum atomic E-state index is 0.0459. The van der Waals surface area contributed by atoms with Crippen molar-refractivity contribution in [2.75, 3.05) is 26.3 Å². The molecule has 1 amide bonds. The lowest BCUT2D eigenvalue weighted by Gasteiger charge is -2.26. The van der Waals surface area contributed by atoms with E-state index in [2.05, 4.69) is 0 Å². The van der Waals surface area contributed by atoms with Crippen LogP contribution in [0.15, 0.2) is 54.6 Å². The van der Waals surface area contributed by atoms with Gasteiger partial charge in [0.15, 0.2) is 0 Å². The van der Waals surface area contributed by atoms with Gasteiger partial charge in [-0.15, -0.1) is 0 Å². The van der Waals surface area contributed by atoms with Crippen molar-refractivity contribution in [1.29, 1.82) is 0 Å². The van der Waals surface area contributed by atoms with Gasteiger partial charge in [-0.1, -0.05) is 18.2 Å². The highest BCUT2D eigenvalue weighted by Crippen LogP contribution is 2.21. The molecular formula is C17H17NO3. The lowest BCUT2D eigenvalue weighted by Crippen LogP contribution is -2.40. The quantitative estimate of drug-likeness (QED) is 0.869. The zero-order valence-corrected chi connectivity index (χ0v) is 11.7. The molecule has 0 atom stereocenters. The number of ether oxygens (including phenoxy) is 2. The number of morpholine rings is 1. The molecule has 0 saturated carbocycles. The fraction of sp³-hybridized carbons (Fsp3) is 0.235. The van der Waals surface area contributed by atoms with E-state index in [0.717, 1.165) is 11.5 Å². The number of para-hydroxylation sites is 1. The fourth-order valence-corrected chi connectivity index (χ4v) is 2.24. The van der Waals surface area contributed by atoms with Crippen LogP contribution in [-0.4, -0.2) is 37.1 Å². The molecule has 0 bridgehead atoms. The number of hydrogen-bond donors (Lipinski definition) is 0. The van der Waals surface area contributed by atoms with Gasteiger partial charge in [-0.2, -0.15) is 0 Å². The van der Waals surface area contributed by atoms with Gasteiger partial charge in [0, 0.05) is 18.7 Å². The number of carbonyl (C=O) groups excluding carboxylic acids is 1. The van der Waals surface area contributed by atoms with Gasteiger partial charge < -0.3 is 14.4 Å². The number of amides is 1. The first-order valence-corrected chi connectivity index (χ1v) is 7.03. The van der Waals surface area contributed by atoms with E-state index in [9.17, 15) is 4.79 Å². The van der Waals surface area contributed by atoms with Crippen molar-refractivity contribution in [3.05, 3.63) is 60.2 Å². The number of nitrogens with zero attached hydrogens (tertiary/aromatic N) is 1. The SMILES string of the molecule is O=C(c1ccc(Oc2ccccc2)cc1)N1CCOCC1. The predicted octanol–water partition coefficient (Wildman–Crippen LogP) is 2.95. The summed E-state index contributed by atoms with van der Waals surface area (Å²) < 4.78 is 11.0. The van der Waals surface area contributed by atoms with Crippen molar-refractivity contribution >= 4 is 5.91 Å². The van der Waals surface area contributed by atoms with Crippen LogP contribution >= 0.6 is 0 Å². The molecule has 0 unspecified atom stereocenters. The predicted molar refractivity (Wildman–Crippen MR) is 79.7 cm³/mol. The standard InChI is InChI=1S/C17H17NO3/c19-17(18-10-12-20-13-11-18)14-6-8-16(9-7-14)21-15-4-2-1-3-5-15/h1-9H,10-13H2. The molecule has 1 saturated heterocycles. The van der Waals surface area contributed by atoms with E-state index in [1.807, 2.05) is 47.4 Å². The van der Waals surface area contributed by atoms with Crippen molar-refractivity contribution in [2.45, 2.75) is 0 Å². The molecule has 1 heterocycles. The summed E-state index contributed by atoms with van der Waals surface area (Å²) in [5, 5.41) is 0. The van der Waals surface area contributed by atoms with Crippen molar-refractivity contribution in [1.82, 2.24) is 4.90 Å². The number of hydrogen-bond acceptors (Lipinski definition) is 3. The Labute approximate surface area is 123 Å². The van der Waals surface area contributed by atoms with Crippen molar-refractivity contribution < 1.29 is 14.3 Å². The van der Waals surface area contributed by atoms with Gasteiger partial charge in [0.25, 0.3) is 5.91 Å². The summed E-state index contributed by atoms with van der Waals surface area (Å²) in [6, 6.07) is 16.8. The highest BCUT2D eigenvalue weighted by molar-refractivity contribution is 5.94. The average Bonchev–Trinajstić information content (AvgIpc) is 2.57. The van der Waals surface area contributed by atoms with Gasteiger partial charge in [-0.25, -0.2) is 0 Å². The molecule has 2 aromatic carbocycles. The van der Waals surface area contributed by atoms with E-state index in [-0.39, 0.29) is 5.91 Å². The highest BCUT2D eigenvalue weighted by atomic mass is 16.5. The second kappa shape index (κ2) is 6.41. The Kier molecular flexibility index (Phi) is 4.17. The summed E-state index contributed by atoms with van der Waals surface area (Å²) in [6.45, 7) is 2.53. The summed E-state index contributed by atoms with van der Waals surface area (Å²) in [5.74, 6) is 1.55. The molecule has 0 spiro atoms. The van der Waals surface area contributed by atoms with Gasteiger partial charge >= 0.3 is 0 Å². The normalized spacial score (nSPS) is 14.8. The maximum atomic E-state index is 12.3. The third kappa shape index (κ3) is 3.41. The number of benzene rings is 2. The summed E-state index contributed by atoms with van der Waals surface area (Å²) in [5.41, 5.74) is 0.678. The summed E-state index contributed by atoms with van der Waals surface area (Å²) >= 11 is 0. The Balaban J connectivity index is 1.67. The van der Waals surface area contributed by atoms with Crippen LogP contribution in [0.4, 0.5) is 0 Å². The van der Waals surface area contributed by atoms with Crippen LogP contribution in [0.1, 0.15) is 10.4 Å². The summed E-state index contributed by atoms with van der Waals surface area (Å²) in [7, 11) is 0. The third-order valence-electron chi connectivity index (χ3n) is 3.38. The first-order chi connectivity index (χ1) is 10.3. The van der Waals surface area contributed by atoms with E-state index >= 15 is 0 Å². The molecule has 0 aliphatic carbocycles.